The first-order chi connectivity index (χ1) is 10.9. The molecule has 6 nitrogen and oxygen atoms in total. The van der Waals surface area contributed by atoms with Crippen LogP contribution in [0.4, 0.5) is 10.7 Å². The Hall–Kier alpha value is -2.85. The van der Waals surface area contributed by atoms with Gasteiger partial charge in [0, 0.05) is 19.8 Å². The summed E-state index contributed by atoms with van der Waals surface area (Å²) in [5, 5.41) is 13.3. The summed E-state index contributed by atoms with van der Waals surface area (Å²) in [6, 6.07) is 9.75. The Morgan fingerprint density at radius 3 is 2.57 bits per heavy atom. The fourth-order valence-electron chi connectivity index (χ4n) is 1.97. The van der Waals surface area contributed by atoms with Gasteiger partial charge in [0.1, 0.15) is 15.9 Å². The zero-order valence-corrected chi connectivity index (χ0v) is 13.9. The maximum atomic E-state index is 12.1. The number of amides is 1. The van der Waals surface area contributed by atoms with E-state index in [2.05, 4.69) is 10.5 Å². The summed E-state index contributed by atoms with van der Waals surface area (Å²) in [5.41, 5.74) is 11.1. The quantitative estimate of drug-likeness (QED) is 0.665. The molecule has 0 atom stereocenters. The molecule has 0 saturated heterocycles. The van der Waals surface area contributed by atoms with Gasteiger partial charge in [-0.2, -0.15) is 10.4 Å². The number of carbonyl (C=O) groups excluding carboxylic acids is 1. The fraction of sp³-hybridized carbons (Fsp3) is 0.188. The van der Waals surface area contributed by atoms with E-state index in [0.717, 1.165) is 22.6 Å². The van der Waals surface area contributed by atoms with Crippen LogP contribution in [0.2, 0.25) is 0 Å². The van der Waals surface area contributed by atoms with Crippen LogP contribution in [0.25, 0.3) is 0 Å². The van der Waals surface area contributed by atoms with Crippen LogP contribution in [0.5, 0.6) is 0 Å². The maximum absolute atomic E-state index is 12.1. The lowest BCUT2D eigenvalue weighted by molar-refractivity contribution is 0.0958. The molecule has 1 amide bonds. The van der Waals surface area contributed by atoms with Gasteiger partial charge in [-0.1, -0.05) is 12.1 Å². The Morgan fingerprint density at radius 1 is 1.39 bits per heavy atom. The zero-order valence-electron chi connectivity index (χ0n) is 13.1. The molecule has 23 heavy (non-hydrogen) atoms. The van der Waals surface area contributed by atoms with Gasteiger partial charge in [0.15, 0.2) is 0 Å². The van der Waals surface area contributed by atoms with Gasteiger partial charge < -0.3 is 10.6 Å². The third-order valence-electron chi connectivity index (χ3n) is 3.28. The van der Waals surface area contributed by atoms with E-state index in [1.807, 2.05) is 49.3 Å². The average Bonchev–Trinajstić information content (AvgIpc) is 2.82. The van der Waals surface area contributed by atoms with Crippen molar-refractivity contribution in [2.45, 2.75) is 6.92 Å². The summed E-state index contributed by atoms with van der Waals surface area (Å²) in [7, 11) is 3.93. The van der Waals surface area contributed by atoms with Gasteiger partial charge in [-0.15, -0.1) is 11.3 Å². The summed E-state index contributed by atoms with van der Waals surface area (Å²) in [6.07, 6.45) is 1.56. The second-order valence-corrected chi connectivity index (χ2v) is 6.14. The van der Waals surface area contributed by atoms with Gasteiger partial charge in [0.25, 0.3) is 5.91 Å². The Balaban J connectivity index is 2.06. The van der Waals surface area contributed by atoms with Gasteiger partial charge in [-0.3, -0.25) is 4.79 Å². The maximum Gasteiger partial charge on any atom is 0.281 e. The van der Waals surface area contributed by atoms with E-state index in [4.69, 9.17) is 11.0 Å². The lowest BCUT2D eigenvalue weighted by Gasteiger charge is -2.11. The van der Waals surface area contributed by atoms with Gasteiger partial charge in [-0.25, -0.2) is 5.43 Å². The number of thiophene rings is 1. The third kappa shape index (κ3) is 3.67. The Bertz CT molecular complexity index is 784. The number of nitrogens with one attached hydrogen (secondary N) is 1. The SMILES string of the molecule is Cc1c(C(=O)NN=Cc2ccc(N(C)C)cc2)sc(N)c1C#N. The number of hydrazone groups is 1. The summed E-state index contributed by atoms with van der Waals surface area (Å²) in [5.74, 6) is -0.373. The van der Waals surface area contributed by atoms with E-state index in [9.17, 15) is 4.79 Å². The molecule has 2 rings (SSSR count). The van der Waals surface area contributed by atoms with Crippen LogP contribution in [0.15, 0.2) is 29.4 Å². The number of anilines is 2. The van der Waals surface area contributed by atoms with Crippen LogP contribution in [-0.4, -0.2) is 26.2 Å². The van der Waals surface area contributed by atoms with Gasteiger partial charge in [0.05, 0.1) is 11.8 Å². The van der Waals surface area contributed by atoms with E-state index in [0.29, 0.717) is 21.0 Å². The summed E-state index contributed by atoms with van der Waals surface area (Å²) >= 11 is 1.09. The topological polar surface area (TPSA) is 94.5 Å². The number of nitrogens with two attached hydrogens (primary N) is 1. The molecule has 0 saturated carbocycles. The van der Waals surface area contributed by atoms with E-state index in [-0.39, 0.29) is 5.91 Å². The lowest BCUT2D eigenvalue weighted by atomic mass is 10.2. The number of nitrogen functional groups attached to an aromatic ring is 1. The highest BCUT2D eigenvalue weighted by molar-refractivity contribution is 7.18. The Kier molecular flexibility index (Phi) is 4.98. The standard InChI is InChI=1S/C16H17N5OS/c1-10-13(8-17)15(18)23-14(10)16(22)20-19-9-11-4-6-12(7-5-11)21(2)3/h4-7,9H,18H2,1-3H3,(H,20,22). The molecule has 118 valence electrons. The molecule has 0 fully saturated rings. The average molecular weight is 327 g/mol. The van der Waals surface area contributed by atoms with Crippen LogP contribution >= 0.6 is 11.3 Å². The van der Waals surface area contributed by atoms with Gasteiger partial charge in [-0.05, 0) is 30.2 Å². The molecule has 0 unspecified atom stereocenters. The highest BCUT2D eigenvalue weighted by Crippen LogP contribution is 2.29. The van der Waals surface area contributed by atoms with Crippen LogP contribution in [-0.2, 0) is 0 Å². The molecule has 7 heteroatoms. The molecule has 1 aromatic heterocycles. The molecule has 3 N–H and O–H groups in total. The number of nitrogens with zero attached hydrogens (tertiary/aromatic N) is 3. The summed E-state index contributed by atoms with van der Waals surface area (Å²) in [4.78, 5) is 14.5. The fourth-order valence-corrected chi connectivity index (χ4v) is 2.88. The minimum absolute atomic E-state index is 0.346. The van der Waals surface area contributed by atoms with Gasteiger partial charge >= 0.3 is 0 Å². The van der Waals surface area contributed by atoms with Crippen molar-refractivity contribution < 1.29 is 4.79 Å². The first-order valence-electron chi connectivity index (χ1n) is 6.83. The van der Waals surface area contributed by atoms with Crippen LogP contribution in [0.3, 0.4) is 0 Å². The molecule has 0 bridgehead atoms. The second-order valence-electron chi connectivity index (χ2n) is 5.09. The first kappa shape index (κ1) is 16.5. The third-order valence-corrected chi connectivity index (χ3v) is 4.40. The van der Waals surface area contributed by atoms with Crippen molar-refractivity contribution in [3.05, 3.63) is 45.8 Å². The minimum Gasteiger partial charge on any atom is -0.389 e. The number of carbonyl (C=O) groups is 1. The van der Waals surface area contributed by atoms with Crippen molar-refractivity contribution in [2.24, 2.45) is 5.10 Å². The first-order valence-corrected chi connectivity index (χ1v) is 7.65. The number of hydrogen-bond acceptors (Lipinski definition) is 6. The number of rotatable bonds is 4. The van der Waals surface area contributed by atoms with Gasteiger partial charge in [0.2, 0.25) is 0 Å². The van der Waals surface area contributed by atoms with Crippen molar-refractivity contribution in [1.82, 2.24) is 5.43 Å². The Labute approximate surface area is 138 Å². The van der Waals surface area contributed by atoms with Crippen molar-refractivity contribution in [3.8, 4) is 6.07 Å². The molecule has 0 radical (unpaired) electrons. The van der Waals surface area contributed by atoms with Crippen molar-refractivity contribution in [1.29, 1.82) is 5.26 Å². The number of nitriles is 1. The predicted molar refractivity (Wildman–Crippen MR) is 94.0 cm³/mol. The number of hydrogen-bond donors (Lipinski definition) is 2. The second kappa shape index (κ2) is 6.94. The molecule has 0 aliphatic rings. The molecular weight excluding hydrogens is 310 g/mol. The molecule has 1 heterocycles. The summed E-state index contributed by atoms with van der Waals surface area (Å²) < 4.78 is 0. The summed E-state index contributed by atoms with van der Waals surface area (Å²) in [6.45, 7) is 1.70. The van der Waals surface area contributed by atoms with E-state index >= 15 is 0 Å². The van der Waals surface area contributed by atoms with E-state index < -0.39 is 0 Å². The zero-order chi connectivity index (χ0) is 17.0. The molecule has 0 aliphatic heterocycles. The predicted octanol–water partition coefficient (Wildman–Crippen LogP) is 2.34. The van der Waals surface area contributed by atoms with Crippen molar-refractivity contribution in [2.75, 3.05) is 24.7 Å². The van der Waals surface area contributed by atoms with E-state index in [1.54, 1.807) is 13.1 Å². The van der Waals surface area contributed by atoms with Crippen molar-refractivity contribution >= 4 is 34.1 Å². The smallest absolute Gasteiger partial charge is 0.281 e. The normalized spacial score (nSPS) is 10.5. The van der Waals surface area contributed by atoms with E-state index in [1.165, 1.54) is 0 Å². The largest absolute Gasteiger partial charge is 0.389 e. The molecule has 1 aromatic carbocycles. The minimum atomic E-state index is -0.373. The Morgan fingerprint density at radius 2 is 2.04 bits per heavy atom. The van der Waals surface area contributed by atoms with Crippen molar-refractivity contribution in [3.63, 3.8) is 0 Å². The monoisotopic (exact) mass is 327 g/mol. The number of benzene rings is 1. The molecule has 0 spiro atoms. The molecule has 0 aliphatic carbocycles. The lowest BCUT2D eigenvalue weighted by Crippen LogP contribution is -2.17. The van der Waals surface area contributed by atoms with Crippen LogP contribution < -0.4 is 16.1 Å². The molecule has 2 aromatic rings. The molecular formula is C16H17N5OS. The highest BCUT2D eigenvalue weighted by Gasteiger charge is 2.18. The highest BCUT2D eigenvalue weighted by atomic mass is 32.1. The van der Waals surface area contributed by atoms with Crippen LogP contribution in [0, 0.1) is 18.3 Å². The van der Waals surface area contributed by atoms with Crippen LogP contribution in [0.1, 0.15) is 26.4 Å².